The van der Waals surface area contributed by atoms with Crippen molar-refractivity contribution in [3.63, 3.8) is 0 Å². The molecule has 0 fully saturated rings. The van der Waals surface area contributed by atoms with Crippen LogP contribution in [0.4, 0.5) is 14.5 Å². The van der Waals surface area contributed by atoms with Crippen LogP contribution < -0.4 is 9.46 Å². The maximum atomic E-state index is 13.3. The van der Waals surface area contributed by atoms with Crippen LogP contribution in [-0.4, -0.2) is 23.2 Å². The number of ether oxygens (including phenoxy) is 1. The Bertz CT molecular complexity index is 1240. The third-order valence-corrected chi connectivity index (χ3v) is 5.33. The topological polar surface area (TPSA) is 86.1 Å². The number of anilines is 1. The van der Waals surface area contributed by atoms with E-state index in [4.69, 9.17) is 4.74 Å². The zero-order chi connectivity index (χ0) is 21.1. The van der Waals surface area contributed by atoms with Gasteiger partial charge in [-0.1, -0.05) is 0 Å². The molecule has 4 rings (SSSR count). The Morgan fingerprint density at radius 3 is 2.13 bits per heavy atom. The van der Waals surface area contributed by atoms with E-state index in [-0.39, 0.29) is 11.6 Å². The van der Waals surface area contributed by atoms with Gasteiger partial charge in [-0.3, -0.25) is 4.72 Å². The first-order chi connectivity index (χ1) is 14.4. The van der Waals surface area contributed by atoms with E-state index >= 15 is 0 Å². The predicted molar refractivity (Wildman–Crippen MR) is 105 cm³/mol. The number of aromatic nitrogens is 3. The van der Waals surface area contributed by atoms with Crippen LogP contribution in [0.3, 0.4) is 0 Å². The summed E-state index contributed by atoms with van der Waals surface area (Å²) in [6.45, 7) is 0. The van der Waals surface area contributed by atoms with Gasteiger partial charge in [0.25, 0.3) is 10.0 Å². The predicted octanol–water partition coefficient (Wildman–Crippen LogP) is 4.14. The van der Waals surface area contributed by atoms with Gasteiger partial charge in [-0.05, 0) is 54.6 Å². The van der Waals surface area contributed by atoms with Gasteiger partial charge >= 0.3 is 0 Å². The molecule has 0 aliphatic carbocycles. The first-order valence-electron chi connectivity index (χ1n) is 8.63. The average Bonchev–Trinajstić information content (AvgIpc) is 3.24. The number of benzene rings is 2. The molecule has 2 heterocycles. The molecule has 7 nitrogen and oxygen atoms in total. The Labute approximate surface area is 170 Å². The van der Waals surface area contributed by atoms with Crippen LogP contribution in [0.1, 0.15) is 0 Å². The Kier molecular flexibility index (Phi) is 5.15. The lowest BCUT2D eigenvalue weighted by molar-refractivity contribution is 0.454. The SMILES string of the molecule is O=S(=O)(Nc1ccc(Oc2ccc(-n3cccc3)nn2)cc1)c1cc(F)cc(F)c1. The van der Waals surface area contributed by atoms with Gasteiger partial charge in [0.2, 0.25) is 5.88 Å². The molecule has 0 aliphatic heterocycles. The second-order valence-electron chi connectivity index (χ2n) is 6.16. The Morgan fingerprint density at radius 1 is 0.867 bits per heavy atom. The van der Waals surface area contributed by atoms with Crippen molar-refractivity contribution in [2.45, 2.75) is 4.90 Å². The first kappa shape index (κ1) is 19.5. The lowest BCUT2D eigenvalue weighted by Gasteiger charge is -2.10. The quantitative estimate of drug-likeness (QED) is 0.499. The van der Waals surface area contributed by atoms with Gasteiger partial charge < -0.3 is 9.30 Å². The minimum Gasteiger partial charge on any atom is -0.438 e. The summed E-state index contributed by atoms with van der Waals surface area (Å²) in [4.78, 5) is -0.515. The van der Waals surface area contributed by atoms with Crippen molar-refractivity contribution >= 4 is 15.7 Å². The highest BCUT2D eigenvalue weighted by Gasteiger charge is 2.16. The molecule has 10 heteroatoms. The summed E-state index contributed by atoms with van der Waals surface area (Å²) >= 11 is 0. The number of hydrogen-bond acceptors (Lipinski definition) is 5. The fourth-order valence-electron chi connectivity index (χ4n) is 2.60. The second-order valence-corrected chi connectivity index (χ2v) is 7.84. The van der Waals surface area contributed by atoms with E-state index in [2.05, 4.69) is 14.9 Å². The fourth-order valence-corrected chi connectivity index (χ4v) is 3.70. The maximum Gasteiger partial charge on any atom is 0.262 e. The van der Waals surface area contributed by atoms with Crippen LogP contribution in [0.5, 0.6) is 11.6 Å². The molecule has 152 valence electrons. The van der Waals surface area contributed by atoms with Crippen molar-refractivity contribution in [2.24, 2.45) is 0 Å². The van der Waals surface area contributed by atoms with Crippen LogP contribution in [0.25, 0.3) is 5.82 Å². The molecule has 30 heavy (non-hydrogen) atoms. The fraction of sp³-hybridized carbons (Fsp3) is 0. The van der Waals surface area contributed by atoms with Gasteiger partial charge in [0.1, 0.15) is 17.4 Å². The van der Waals surface area contributed by atoms with Gasteiger partial charge in [0.15, 0.2) is 5.82 Å². The molecule has 2 aromatic heterocycles. The molecule has 0 aliphatic rings. The Hall–Kier alpha value is -3.79. The molecule has 4 aromatic rings. The van der Waals surface area contributed by atoms with Crippen LogP contribution in [-0.2, 0) is 10.0 Å². The third kappa shape index (κ3) is 4.44. The molecule has 0 bridgehead atoms. The summed E-state index contributed by atoms with van der Waals surface area (Å²) in [7, 11) is -4.15. The molecule has 0 saturated carbocycles. The minimum absolute atomic E-state index is 0.195. The van der Waals surface area contributed by atoms with Crippen LogP contribution in [0, 0.1) is 11.6 Å². The normalized spacial score (nSPS) is 11.3. The van der Waals surface area contributed by atoms with E-state index in [1.54, 1.807) is 16.7 Å². The van der Waals surface area contributed by atoms with Crippen molar-refractivity contribution in [2.75, 3.05) is 4.72 Å². The third-order valence-electron chi connectivity index (χ3n) is 3.97. The monoisotopic (exact) mass is 428 g/mol. The van der Waals surface area contributed by atoms with Crippen LogP contribution in [0.2, 0.25) is 0 Å². The van der Waals surface area contributed by atoms with Gasteiger partial charge in [-0.15, -0.1) is 10.2 Å². The van der Waals surface area contributed by atoms with Crippen molar-refractivity contribution in [3.8, 4) is 17.4 Å². The molecule has 0 saturated heterocycles. The van der Waals surface area contributed by atoms with Crippen molar-refractivity contribution in [1.29, 1.82) is 0 Å². The summed E-state index contributed by atoms with van der Waals surface area (Å²) < 4.78 is 60.9. The first-order valence-corrected chi connectivity index (χ1v) is 10.1. The molecular weight excluding hydrogens is 414 g/mol. The number of sulfonamides is 1. The molecular formula is C20H14F2N4O3S. The molecule has 0 atom stereocenters. The van der Waals surface area contributed by atoms with Gasteiger partial charge in [0, 0.05) is 30.2 Å². The smallest absolute Gasteiger partial charge is 0.262 e. The number of nitrogens with one attached hydrogen (secondary N) is 1. The van der Waals surface area contributed by atoms with E-state index in [1.807, 2.05) is 24.5 Å². The van der Waals surface area contributed by atoms with E-state index in [1.165, 1.54) is 24.3 Å². The van der Waals surface area contributed by atoms with E-state index in [0.29, 0.717) is 17.6 Å². The average molecular weight is 428 g/mol. The van der Waals surface area contributed by atoms with Crippen molar-refractivity contribution in [3.05, 3.63) is 90.8 Å². The summed E-state index contributed by atoms with van der Waals surface area (Å²) in [6, 6.07) is 15.1. The minimum atomic E-state index is -4.15. The Morgan fingerprint density at radius 2 is 1.53 bits per heavy atom. The van der Waals surface area contributed by atoms with Gasteiger partial charge in [-0.25, -0.2) is 17.2 Å². The van der Waals surface area contributed by atoms with Gasteiger partial charge in [-0.2, -0.15) is 0 Å². The molecule has 0 amide bonds. The molecule has 0 spiro atoms. The summed E-state index contributed by atoms with van der Waals surface area (Å²) in [5.74, 6) is -0.677. The zero-order valence-electron chi connectivity index (χ0n) is 15.2. The molecule has 1 N–H and O–H groups in total. The van der Waals surface area contributed by atoms with Crippen LogP contribution in [0.15, 0.2) is 84.0 Å². The highest BCUT2D eigenvalue weighted by Crippen LogP contribution is 2.23. The van der Waals surface area contributed by atoms with Gasteiger partial charge in [0.05, 0.1) is 4.90 Å². The number of halogens is 2. The lowest BCUT2D eigenvalue weighted by atomic mass is 10.3. The molecule has 2 aromatic carbocycles. The lowest BCUT2D eigenvalue weighted by Crippen LogP contribution is -2.13. The number of hydrogen-bond donors (Lipinski definition) is 1. The number of nitrogens with zero attached hydrogens (tertiary/aromatic N) is 3. The van der Waals surface area contributed by atoms with E-state index in [0.717, 1.165) is 12.1 Å². The van der Waals surface area contributed by atoms with Crippen molar-refractivity contribution in [1.82, 2.24) is 14.8 Å². The highest BCUT2D eigenvalue weighted by atomic mass is 32.2. The molecule has 0 radical (unpaired) electrons. The second kappa shape index (κ2) is 7.91. The zero-order valence-corrected chi connectivity index (χ0v) is 16.1. The summed E-state index contributed by atoms with van der Waals surface area (Å²) in [5, 5.41) is 8.06. The standard InChI is InChI=1S/C20H14F2N4O3S/c21-14-11-15(22)13-18(12-14)30(27,28)25-16-3-5-17(6-4-16)29-20-8-7-19(23-24-20)26-9-1-2-10-26/h1-13,25H. The molecule has 0 unspecified atom stereocenters. The van der Waals surface area contributed by atoms with E-state index in [9.17, 15) is 17.2 Å². The van der Waals surface area contributed by atoms with Crippen molar-refractivity contribution < 1.29 is 21.9 Å². The highest BCUT2D eigenvalue weighted by molar-refractivity contribution is 7.92. The van der Waals surface area contributed by atoms with Crippen LogP contribution >= 0.6 is 0 Å². The Balaban J connectivity index is 1.45. The largest absolute Gasteiger partial charge is 0.438 e. The van der Waals surface area contributed by atoms with E-state index < -0.39 is 26.6 Å². The summed E-state index contributed by atoms with van der Waals surface area (Å²) in [6.07, 6.45) is 3.67. The number of rotatable bonds is 6. The maximum absolute atomic E-state index is 13.3. The summed E-state index contributed by atoms with van der Waals surface area (Å²) in [5.41, 5.74) is 0.195.